The van der Waals surface area contributed by atoms with E-state index in [1.165, 1.54) is 0 Å². The van der Waals surface area contributed by atoms with Crippen LogP contribution in [-0.4, -0.2) is 43.6 Å². The van der Waals surface area contributed by atoms with E-state index in [2.05, 4.69) is 5.32 Å². The lowest BCUT2D eigenvalue weighted by atomic mass is 10.1. The van der Waals surface area contributed by atoms with Crippen LogP contribution in [-0.2, 0) is 9.53 Å². The fourth-order valence-corrected chi connectivity index (χ4v) is 1.52. The second-order valence-corrected chi connectivity index (χ2v) is 3.82. The fourth-order valence-electron chi connectivity index (χ4n) is 1.52. The van der Waals surface area contributed by atoms with Gasteiger partial charge in [0.15, 0.2) is 5.92 Å². The summed E-state index contributed by atoms with van der Waals surface area (Å²) in [6, 6.07) is 0. The zero-order valence-electron chi connectivity index (χ0n) is 8.59. The van der Waals surface area contributed by atoms with Crippen molar-refractivity contribution < 1.29 is 27.8 Å². The van der Waals surface area contributed by atoms with Crippen LogP contribution in [0.2, 0.25) is 0 Å². The second kappa shape index (κ2) is 5.49. The number of alkyl halides is 3. The van der Waals surface area contributed by atoms with E-state index in [0.717, 1.165) is 6.42 Å². The number of nitrogens with one attached hydrogen (secondary N) is 1. The summed E-state index contributed by atoms with van der Waals surface area (Å²) in [7, 11) is 0. The molecule has 1 aliphatic heterocycles. The molecule has 0 aliphatic carbocycles. The van der Waals surface area contributed by atoms with E-state index in [0.29, 0.717) is 19.8 Å². The highest BCUT2D eigenvalue weighted by Gasteiger charge is 2.44. The first-order chi connectivity index (χ1) is 7.41. The lowest BCUT2D eigenvalue weighted by Crippen LogP contribution is -2.40. The van der Waals surface area contributed by atoms with Crippen molar-refractivity contribution in [2.24, 2.45) is 11.8 Å². The van der Waals surface area contributed by atoms with Crippen LogP contribution < -0.4 is 5.32 Å². The number of hydrogen-bond acceptors (Lipinski definition) is 3. The van der Waals surface area contributed by atoms with E-state index in [4.69, 9.17) is 9.84 Å². The molecule has 0 amide bonds. The van der Waals surface area contributed by atoms with Crippen molar-refractivity contribution in [3.63, 3.8) is 0 Å². The summed E-state index contributed by atoms with van der Waals surface area (Å²) >= 11 is 0. The van der Waals surface area contributed by atoms with Crippen molar-refractivity contribution in [1.82, 2.24) is 5.32 Å². The second-order valence-electron chi connectivity index (χ2n) is 3.82. The number of carbonyl (C=O) groups is 1. The SMILES string of the molecule is O=C(O)C(CNCC1CCOC1)C(F)(F)F. The Morgan fingerprint density at radius 2 is 2.25 bits per heavy atom. The molecule has 2 atom stereocenters. The Balaban J connectivity index is 2.30. The van der Waals surface area contributed by atoms with Gasteiger partial charge in [-0.15, -0.1) is 0 Å². The van der Waals surface area contributed by atoms with Crippen molar-refractivity contribution >= 4 is 5.97 Å². The highest BCUT2D eigenvalue weighted by Crippen LogP contribution is 2.25. The van der Waals surface area contributed by atoms with E-state index in [1.807, 2.05) is 0 Å². The van der Waals surface area contributed by atoms with Crippen molar-refractivity contribution in [2.45, 2.75) is 12.6 Å². The number of ether oxygens (including phenoxy) is 1. The lowest BCUT2D eigenvalue weighted by Gasteiger charge is -2.17. The van der Waals surface area contributed by atoms with Crippen LogP contribution >= 0.6 is 0 Å². The Hall–Kier alpha value is -0.820. The molecular weight excluding hydrogens is 227 g/mol. The summed E-state index contributed by atoms with van der Waals surface area (Å²) in [6.07, 6.45) is -3.90. The smallest absolute Gasteiger partial charge is 0.403 e. The quantitative estimate of drug-likeness (QED) is 0.750. The van der Waals surface area contributed by atoms with E-state index in [1.54, 1.807) is 0 Å². The van der Waals surface area contributed by atoms with E-state index < -0.39 is 24.6 Å². The fraction of sp³-hybridized carbons (Fsp3) is 0.889. The number of aliphatic carboxylic acids is 1. The van der Waals surface area contributed by atoms with Crippen molar-refractivity contribution in [2.75, 3.05) is 26.3 Å². The number of carboxylic acids is 1. The van der Waals surface area contributed by atoms with Crippen LogP contribution in [0.3, 0.4) is 0 Å². The number of halogens is 3. The van der Waals surface area contributed by atoms with Gasteiger partial charge in [-0.25, -0.2) is 0 Å². The predicted molar refractivity (Wildman–Crippen MR) is 49.0 cm³/mol. The molecule has 1 rings (SSSR count). The van der Waals surface area contributed by atoms with Gasteiger partial charge in [-0.1, -0.05) is 0 Å². The van der Waals surface area contributed by atoms with Gasteiger partial charge in [0.2, 0.25) is 0 Å². The molecule has 16 heavy (non-hydrogen) atoms. The third kappa shape index (κ3) is 3.97. The van der Waals surface area contributed by atoms with E-state index in [-0.39, 0.29) is 5.92 Å². The van der Waals surface area contributed by atoms with Crippen LogP contribution in [0.5, 0.6) is 0 Å². The molecule has 0 spiro atoms. The highest BCUT2D eigenvalue weighted by atomic mass is 19.4. The van der Waals surface area contributed by atoms with Crippen LogP contribution in [0.4, 0.5) is 13.2 Å². The Morgan fingerprint density at radius 3 is 2.69 bits per heavy atom. The third-order valence-corrected chi connectivity index (χ3v) is 2.50. The maximum absolute atomic E-state index is 12.2. The molecule has 0 aromatic carbocycles. The third-order valence-electron chi connectivity index (χ3n) is 2.50. The van der Waals surface area contributed by atoms with Crippen LogP contribution in [0, 0.1) is 11.8 Å². The van der Waals surface area contributed by atoms with Crippen LogP contribution in [0.15, 0.2) is 0 Å². The normalized spacial score (nSPS) is 23.3. The topological polar surface area (TPSA) is 58.6 Å². The van der Waals surface area contributed by atoms with Gasteiger partial charge in [0, 0.05) is 19.7 Å². The molecule has 7 heteroatoms. The molecule has 2 N–H and O–H groups in total. The minimum absolute atomic E-state index is 0.183. The summed E-state index contributed by atoms with van der Waals surface area (Å²) in [5.74, 6) is -4.00. The number of carboxylic acid groups (broad SMARTS) is 1. The molecule has 1 aliphatic rings. The van der Waals surface area contributed by atoms with Crippen LogP contribution in [0.1, 0.15) is 6.42 Å². The Bertz CT molecular complexity index is 239. The Morgan fingerprint density at radius 1 is 1.56 bits per heavy atom. The van der Waals surface area contributed by atoms with Gasteiger partial charge in [0.25, 0.3) is 0 Å². The minimum Gasteiger partial charge on any atom is -0.481 e. The zero-order chi connectivity index (χ0) is 12.2. The molecule has 0 aromatic heterocycles. The number of rotatable bonds is 5. The first kappa shape index (κ1) is 13.2. The standard InChI is InChI=1S/C9H14F3NO3/c10-9(11,12)7(8(14)15)4-13-3-6-1-2-16-5-6/h6-7,13H,1-5H2,(H,14,15). The summed E-state index contributed by atoms with van der Waals surface area (Å²) in [4.78, 5) is 10.4. The predicted octanol–water partition coefficient (Wildman–Crippen LogP) is 0.876. The Kier molecular flexibility index (Phi) is 4.55. The molecule has 1 fully saturated rings. The maximum Gasteiger partial charge on any atom is 0.403 e. The van der Waals surface area contributed by atoms with Crippen molar-refractivity contribution in [3.05, 3.63) is 0 Å². The van der Waals surface area contributed by atoms with Crippen LogP contribution in [0.25, 0.3) is 0 Å². The largest absolute Gasteiger partial charge is 0.481 e. The van der Waals surface area contributed by atoms with E-state index in [9.17, 15) is 18.0 Å². The van der Waals surface area contributed by atoms with Gasteiger partial charge in [0.1, 0.15) is 0 Å². The van der Waals surface area contributed by atoms with E-state index >= 15 is 0 Å². The zero-order valence-corrected chi connectivity index (χ0v) is 8.59. The van der Waals surface area contributed by atoms with Gasteiger partial charge in [-0.05, 0) is 12.3 Å². The molecule has 1 heterocycles. The van der Waals surface area contributed by atoms with Crippen molar-refractivity contribution in [3.8, 4) is 0 Å². The van der Waals surface area contributed by atoms with Gasteiger partial charge < -0.3 is 15.2 Å². The molecule has 0 bridgehead atoms. The molecule has 2 unspecified atom stereocenters. The Labute approximate surface area is 90.8 Å². The molecule has 94 valence electrons. The molecule has 1 saturated heterocycles. The van der Waals surface area contributed by atoms with Gasteiger partial charge in [0.05, 0.1) is 6.61 Å². The summed E-state index contributed by atoms with van der Waals surface area (Å²) in [5, 5.41) is 11.0. The minimum atomic E-state index is -4.70. The highest BCUT2D eigenvalue weighted by molar-refractivity contribution is 5.71. The molecule has 0 radical (unpaired) electrons. The number of hydrogen-bond donors (Lipinski definition) is 2. The van der Waals surface area contributed by atoms with Gasteiger partial charge in [-0.2, -0.15) is 13.2 Å². The van der Waals surface area contributed by atoms with Gasteiger partial charge in [-0.3, -0.25) is 4.79 Å². The first-order valence-corrected chi connectivity index (χ1v) is 4.99. The maximum atomic E-state index is 12.2. The monoisotopic (exact) mass is 241 g/mol. The molecule has 0 saturated carbocycles. The summed E-state index contributed by atoms with van der Waals surface area (Å²) in [6.45, 7) is 0.917. The molecule has 4 nitrogen and oxygen atoms in total. The molecular formula is C9H14F3NO3. The van der Waals surface area contributed by atoms with Gasteiger partial charge >= 0.3 is 12.1 Å². The average Bonchev–Trinajstić information content (AvgIpc) is 2.61. The lowest BCUT2D eigenvalue weighted by molar-refractivity contribution is -0.192. The van der Waals surface area contributed by atoms with Crippen molar-refractivity contribution in [1.29, 1.82) is 0 Å². The first-order valence-electron chi connectivity index (χ1n) is 4.99. The summed E-state index contributed by atoms with van der Waals surface area (Å²) < 4.78 is 41.7. The molecule has 0 aromatic rings. The summed E-state index contributed by atoms with van der Waals surface area (Å²) in [5.41, 5.74) is 0. The average molecular weight is 241 g/mol.